The van der Waals surface area contributed by atoms with Crippen molar-refractivity contribution in [3.63, 3.8) is 0 Å². The molecule has 1 aliphatic heterocycles. The summed E-state index contributed by atoms with van der Waals surface area (Å²) in [4.78, 5) is 22.8. The van der Waals surface area contributed by atoms with Gasteiger partial charge in [0.05, 0.1) is 18.6 Å². The molecule has 1 aliphatic rings. The molecule has 21 heavy (non-hydrogen) atoms. The normalized spacial score (nSPS) is 16.5. The summed E-state index contributed by atoms with van der Waals surface area (Å²) in [6, 6.07) is 1.70. The highest BCUT2D eigenvalue weighted by molar-refractivity contribution is 5.80. The van der Waals surface area contributed by atoms with E-state index >= 15 is 0 Å². The Hall–Kier alpha value is -1.99. The quantitative estimate of drug-likeness (QED) is 0.849. The van der Waals surface area contributed by atoms with Crippen LogP contribution in [0.25, 0.3) is 11.0 Å². The molecule has 7 heteroatoms. The summed E-state index contributed by atoms with van der Waals surface area (Å²) < 4.78 is 6.78. The van der Waals surface area contributed by atoms with Gasteiger partial charge in [0, 0.05) is 32.2 Å². The molecule has 0 aliphatic carbocycles. The molecule has 0 radical (unpaired) electrons. The fourth-order valence-electron chi connectivity index (χ4n) is 2.60. The molecule has 112 valence electrons. The number of morpholine rings is 1. The van der Waals surface area contributed by atoms with Gasteiger partial charge in [-0.15, -0.1) is 0 Å². The largest absolute Gasteiger partial charge is 0.493 e. The number of aromatic nitrogens is 3. The van der Waals surface area contributed by atoms with Gasteiger partial charge in [-0.3, -0.25) is 14.3 Å². The van der Waals surface area contributed by atoms with E-state index in [1.54, 1.807) is 20.0 Å². The van der Waals surface area contributed by atoms with E-state index in [1.807, 2.05) is 0 Å². The molecule has 0 unspecified atom stereocenters. The lowest BCUT2D eigenvalue weighted by atomic mass is 10.2. The average Bonchev–Trinajstić information content (AvgIpc) is 2.47. The summed E-state index contributed by atoms with van der Waals surface area (Å²) in [5, 5.41) is 10.5. The second-order valence-corrected chi connectivity index (χ2v) is 5.25. The van der Waals surface area contributed by atoms with Crippen LogP contribution in [0.1, 0.15) is 11.4 Å². The minimum absolute atomic E-state index is 0.0867. The van der Waals surface area contributed by atoms with E-state index in [4.69, 9.17) is 4.74 Å². The molecular formula is C14H18N4O3. The number of fused-ring (bicyclic) bond motifs is 1. The predicted molar refractivity (Wildman–Crippen MR) is 77.3 cm³/mol. The van der Waals surface area contributed by atoms with Gasteiger partial charge in [0.2, 0.25) is 5.88 Å². The Kier molecular flexibility index (Phi) is 3.60. The SMILES string of the molecule is Cc1nc(O)c2cc(CN3CCOCC3)c(=O)n(C)c2n1. The minimum Gasteiger partial charge on any atom is -0.493 e. The van der Waals surface area contributed by atoms with Crippen LogP contribution in [-0.2, 0) is 18.3 Å². The molecule has 2 aromatic rings. The van der Waals surface area contributed by atoms with Crippen molar-refractivity contribution in [1.29, 1.82) is 0 Å². The van der Waals surface area contributed by atoms with Crippen molar-refractivity contribution in [3.05, 3.63) is 27.8 Å². The van der Waals surface area contributed by atoms with Crippen molar-refractivity contribution < 1.29 is 9.84 Å². The van der Waals surface area contributed by atoms with E-state index in [1.165, 1.54) is 4.57 Å². The Balaban J connectivity index is 2.07. The average molecular weight is 290 g/mol. The van der Waals surface area contributed by atoms with Gasteiger partial charge in [-0.25, -0.2) is 4.98 Å². The predicted octanol–water partition coefficient (Wildman–Crippen LogP) is 0.175. The number of aryl methyl sites for hydroxylation is 2. The zero-order chi connectivity index (χ0) is 15.0. The van der Waals surface area contributed by atoms with Gasteiger partial charge < -0.3 is 9.84 Å². The highest BCUT2D eigenvalue weighted by atomic mass is 16.5. The third-order valence-electron chi connectivity index (χ3n) is 3.73. The van der Waals surface area contributed by atoms with E-state index in [9.17, 15) is 9.90 Å². The van der Waals surface area contributed by atoms with E-state index < -0.39 is 0 Å². The smallest absolute Gasteiger partial charge is 0.256 e. The highest BCUT2D eigenvalue weighted by Gasteiger charge is 2.16. The Labute approximate surface area is 121 Å². The molecule has 0 amide bonds. The Morgan fingerprint density at radius 3 is 2.76 bits per heavy atom. The molecule has 3 rings (SSSR count). The number of pyridine rings is 1. The van der Waals surface area contributed by atoms with Crippen LogP contribution in [0.4, 0.5) is 0 Å². The number of hydrogen-bond donors (Lipinski definition) is 1. The Bertz CT molecular complexity index is 735. The summed E-state index contributed by atoms with van der Waals surface area (Å²) in [5.41, 5.74) is 0.997. The third-order valence-corrected chi connectivity index (χ3v) is 3.73. The molecule has 0 bridgehead atoms. The molecule has 0 saturated carbocycles. The summed E-state index contributed by atoms with van der Waals surface area (Å²) in [6.45, 7) is 5.20. The summed E-state index contributed by atoms with van der Waals surface area (Å²) in [7, 11) is 1.67. The maximum Gasteiger partial charge on any atom is 0.256 e. The van der Waals surface area contributed by atoms with Crippen LogP contribution in [-0.4, -0.2) is 50.8 Å². The first-order valence-electron chi connectivity index (χ1n) is 6.92. The van der Waals surface area contributed by atoms with Crippen molar-refractivity contribution in [2.75, 3.05) is 26.3 Å². The van der Waals surface area contributed by atoms with Crippen molar-refractivity contribution in [3.8, 4) is 5.88 Å². The fraction of sp³-hybridized carbons (Fsp3) is 0.500. The second kappa shape index (κ2) is 5.42. The molecule has 0 aromatic carbocycles. The van der Waals surface area contributed by atoms with Crippen molar-refractivity contribution in [1.82, 2.24) is 19.4 Å². The molecule has 2 aromatic heterocycles. The first-order chi connectivity index (χ1) is 10.1. The molecule has 7 nitrogen and oxygen atoms in total. The van der Waals surface area contributed by atoms with Crippen LogP contribution >= 0.6 is 0 Å². The monoisotopic (exact) mass is 290 g/mol. The number of aromatic hydroxyl groups is 1. The summed E-state index contributed by atoms with van der Waals surface area (Å²) in [6.07, 6.45) is 0. The summed E-state index contributed by atoms with van der Waals surface area (Å²) >= 11 is 0. The van der Waals surface area contributed by atoms with Crippen molar-refractivity contribution in [2.45, 2.75) is 13.5 Å². The lowest BCUT2D eigenvalue weighted by Gasteiger charge is -2.26. The second-order valence-electron chi connectivity index (χ2n) is 5.25. The lowest BCUT2D eigenvalue weighted by molar-refractivity contribution is 0.0340. The maximum absolute atomic E-state index is 12.4. The number of ether oxygens (including phenoxy) is 1. The fourth-order valence-corrected chi connectivity index (χ4v) is 2.60. The highest BCUT2D eigenvalue weighted by Crippen LogP contribution is 2.21. The van der Waals surface area contributed by atoms with Gasteiger partial charge in [0.15, 0.2) is 0 Å². The van der Waals surface area contributed by atoms with Gasteiger partial charge in [-0.05, 0) is 13.0 Å². The zero-order valence-electron chi connectivity index (χ0n) is 12.2. The molecule has 0 spiro atoms. The maximum atomic E-state index is 12.4. The standard InChI is InChI=1S/C14H18N4O3/c1-9-15-12-11(13(19)16-9)7-10(14(20)17(12)2)8-18-3-5-21-6-4-18/h7H,3-6,8H2,1-2H3,(H,15,16,19). The van der Waals surface area contributed by atoms with Gasteiger partial charge in [-0.1, -0.05) is 0 Å². The lowest BCUT2D eigenvalue weighted by Crippen LogP contribution is -2.37. The van der Waals surface area contributed by atoms with E-state index in [0.29, 0.717) is 42.2 Å². The van der Waals surface area contributed by atoms with Gasteiger partial charge in [-0.2, -0.15) is 4.98 Å². The van der Waals surface area contributed by atoms with Crippen molar-refractivity contribution >= 4 is 11.0 Å². The zero-order valence-corrected chi connectivity index (χ0v) is 12.2. The van der Waals surface area contributed by atoms with E-state index in [-0.39, 0.29) is 11.4 Å². The molecule has 0 atom stereocenters. The first kappa shape index (κ1) is 14.0. The van der Waals surface area contributed by atoms with Crippen molar-refractivity contribution in [2.24, 2.45) is 7.05 Å². The van der Waals surface area contributed by atoms with E-state index in [0.717, 1.165) is 13.1 Å². The molecule has 3 heterocycles. The van der Waals surface area contributed by atoms with Crippen LogP contribution in [0.5, 0.6) is 5.88 Å². The van der Waals surface area contributed by atoms with Crippen LogP contribution in [0.2, 0.25) is 0 Å². The van der Waals surface area contributed by atoms with Gasteiger partial charge in [0.25, 0.3) is 5.56 Å². The minimum atomic E-state index is -0.0912. The molecule has 1 fully saturated rings. The van der Waals surface area contributed by atoms with Crippen LogP contribution in [0.15, 0.2) is 10.9 Å². The summed E-state index contributed by atoms with van der Waals surface area (Å²) in [5.74, 6) is 0.354. The van der Waals surface area contributed by atoms with Gasteiger partial charge in [0.1, 0.15) is 11.5 Å². The number of hydrogen-bond acceptors (Lipinski definition) is 6. The number of nitrogens with zero attached hydrogens (tertiary/aromatic N) is 4. The number of rotatable bonds is 2. The van der Waals surface area contributed by atoms with E-state index in [2.05, 4.69) is 14.9 Å². The van der Waals surface area contributed by atoms with Crippen LogP contribution < -0.4 is 5.56 Å². The first-order valence-corrected chi connectivity index (χ1v) is 6.92. The molecule has 1 N–H and O–H groups in total. The van der Waals surface area contributed by atoms with Gasteiger partial charge >= 0.3 is 0 Å². The third kappa shape index (κ3) is 2.62. The molecule has 1 saturated heterocycles. The Morgan fingerprint density at radius 2 is 2.05 bits per heavy atom. The topological polar surface area (TPSA) is 80.5 Å². The van der Waals surface area contributed by atoms with Crippen LogP contribution in [0, 0.1) is 6.92 Å². The molecular weight excluding hydrogens is 272 g/mol. The Morgan fingerprint density at radius 1 is 1.33 bits per heavy atom. The van der Waals surface area contributed by atoms with Crippen LogP contribution in [0.3, 0.4) is 0 Å².